The second-order valence-electron chi connectivity index (χ2n) is 4.76. The molecule has 1 heterocycles. The van der Waals surface area contributed by atoms with Crippen LogP contribution in [0.5, 0.6) is 0 Å². The van der Waals surface area contributed by atoms with Gasteiger partial charge in [0.1, 0.15) is 5.82 Å². The zero-order valence-electron chi connectivity index (χ0n) is 9.30. The van der Waals surface area contributed by atoms with Crippen molar-refractivity contribution in [3.63, 3.8) is 0 Å². The van der Waals surface area contributed by atoms with E-state index in [0.29, 0.717) is 0 Å². The lowest BCUT2D eigenvalue weighted by Gasteiger charge is -2.21. The normalized spacial score (nSPS) is 15.6. The van der Waals surface area contributed by atoms with E-state index in [2.05, 4.69) is 30.7 Å². The van der Waals surface area contributed by atoms with E-state index in [1.807, 2.05) is 6.20 Å². The van der Waals surface area contributed by atoms with Crippen LogP contribution in [0.25, 0.3) is 0 Å². The fourth-order valence-electron chi connectivity index (χ4n) is 1.80. The third-order valence-electron chi connectivity index (χ3n) is 3.30. The maximum absolute atomic E-state index is 4.68. The number of rotatable bonds is 2. The number of hydrogen-bond acceptors (Lipinski definition) is 2. The average molecular weight is 190 g/mol. The van der Waals surface area contributed by atoms with E-state index in [-0.39, 0.29) is 5.41 Å². The molecule has 76 valence electrons. The van der Waals surface area contributed by atoms with Crippen LogP contribution in [-0.2, 0) is 18.3 Å². The molecule has 2 heteroatoms. The van der Waals surface area contributed by atoms with Gasteiger partial charge in [0.25, 0.3) is 0 Å². The Kier molecular flexibility index (Phi) is 2.30. The molecule has 0 aromatic carbocycles. The lowest BCUT2D eigenvalue weighted by molar-refractivity contribution is 0.470. The Labute approximate surface area is 85.8 Å². The minimum atomic E-state index is 0.123. The Morgan fingerprint density at radius 2 is 2.14 bits per heavy atom. The van der Waals surface area contributed by atoms with Crippen LogP contribution >= 0.6 is 0 Å². The Balaban J connectivity index is 2.38. The van der Waals surface area contributed by atoms with Gasteiger partial charge in [-0.3, -0.25) is 0 Å². The first kappa shape index (κ1) is 9.63. The summed E-state index contributed by atoms with van der Waals surface area (Å²) in [6.07, 6.45) is 6.68. The fraction of sp³-hybridized carbons (Fsp3) is 0.667. The van der Waals surface area contributed by atoms with Crippen LogP contribution in [0.4, 0.5) is 0 Å². The molecule has 1 aliphatic carbocycles. The van der Waals surface area contributed by atoms with Crippen molar-refractivity contribution >= 4 is 0 Å². The minimum Gasteiger partial charge on any atom is -0.240 e. The molecule has 0 radical (unpaired) electrons. The predicted molar refractivity (Wildman–Crippen MR) is 57.4 cm³/mol. The van der Waals surface area contributed by atoms with Crippen molar-refractivity contribution in [1.29, 1.82) is 0 Å². The molecule has 14 heavy (non-hydrogen) atoms. The fourth-order valence-corrected chi connectivity index (χ4v) is 1.80. The highest BCUT2D eigenvalue weighted by Gasteiger charge is 2.23. The average Bonchev–Trinajstić information content (AvgIpc) is 2.64. The van der Waals surface area contributed by atoms with E-state index in [9.17, 15) is 0 Å². The van der Waals surface area contributed by atoms with Gasteiger partial charge in [-0.25, -0.2) is 9.97 Å². The van der Waals surface area contributed by atoms with Crippen molar-refractivity contribution in [2.45, 2.75) is 51.9 Å². The summed E-state index contributed by atoms with van der Waals surface area (Å²) in [6, 6.07) is 0. The number of aromatic nitrogens is 2. The molecule has 0 unspecified atom stereocenters. The van der Waals surface area contributed by atoms with Crippen LogP contribution < -0.4 is 0 Å². The molecule has 1 aliphatic rings. The lowest BCUT2D eigenvalue weighted by Crippen LogP contribution is -2.20. The van der Waals surface area contributed by atoms with E-state index in [1.54, 1.807) is 0 Å². The van der Waals surface area contributed by atoms with Crippen LogP contribution in [0.3, 0.4) is 0 Å². The Morgan fingerprint density at radius 3 is 2.86 bits per heavy atom. The second kappa shape index (κ2) is 3.34. The SMILES string of the molecule is CCC(C)(C)c1ncc2c(n1)CCC2. The van der Waals surface area contributed by atoms with Gasteiger partial charge in [-0.05, 0) is 31.2 Å². The molecular weight excluding hydrogens is 172 g/mol. The largest absolute Gasteiger partial charge is 0.240 e. The van der Waals surface area contributed by atoms with Gasteiger partial charge in [-0.15, -0.1) is 0 Å². The number of aryl methyl sites for hydroxylation is 2. The summed E-state index contributed by atoms with van der Waals surface area (Å²) in [5, 5.41) is 0. The standard InChI is InChI=1S/C12H18N2/c1-4-12(2,3)11-13-8-9-6-5-7-10(9)14-11/h8H,4-7H2,1-3H3. The van der Waals surface area contributed by atoms with Crippen molar-refractivity contribution in [3.05, 3.63) is 23.3 Å². The molecule has 0 saturated heterocycles. The topological polar surface area (TPSA) is 25.8 Å². The lowest BCUT2D eigenvalue weighted by atomic mass is 9.89. The molecular formula is C12H18N2. The van der Waals surface area contributed by atoms with E-state index in [0.717, 1.165) is 18.7 Å². The molecule has 2 nitrogen and oxygen atoms in total. The first-order valence-electron chi connectivity index (χ1n) is 5.49. The van der Waals surface area contributed by atoms with Crippen molar-refractivity contribution < 1.29 is 0 Å². The summed E-state index contributed by atoms with van der Waals surface area (Å²) in [5.74, 6) is 1.01. The summed E-state index contributed by atoms with van der Waals surface area (Å²) in [5.41, 5.74) is 2.77. The summed E-state index contributed by atoms with van der Waals surface area (Å²) in [7, 11) is 0. The molecule has 0 fully saturated rings. The van der Waals surface area contributed by atoms with Gasteiger partial charge in [0.2, 0.25) is 0 Å². The zero-order valence-corrected chi connectivity index (χ0v) is 9.30. The maximum Gasteiger partial charge on any atom is 0.134 e. The highest BCUT2D eigenvalue weighted by Crippen LogP contribution is 2.26. The summed E-state index contributed by atoms with van der Waals surface area (Å²) in [4.78, 5) is 9.17. The first-order chi connectivity index (χ1) is 6.63. The number of fused-ring (bicyclic) bond motifs is 1. The van der Waals surface area contributed by atoms with E-state index in [4.69, 9.17) is 0 Å². The zero-order chi connectivity index (χ0) is 10.2. The molecule has 1 aromatic rings. The first-order valence-corrected chi connectivity index (χ1v) is 5.49. The van der Waals surface area contributed by atoms with Crippen molar-refractivity contribution in [3.8, 4) is 0 Å². The number of hydrogen-bond donors (Lipinski definition) is 0. The van der Waals surface area contributed by atoms with Crippen LogP contribution in [0.15, 0.2) is 6.20 Å². The van der Waals surface area contributed by atoms with E-state index in [1.165, 1.54) is 24.1 Å². The van der Waals surface area contributed by atoms with Gasteiger partial charge in [0.05, 0.1) is 0 Å². The van der Waals surface area contributed by atoms with Gasteiger partial charge < -0.3 is 0 Å². The highest BCUT2D eigenvalue weighted by atomic mass is 14.9. The molecule has 0 amide bonds. The van der Waals surface area contributed by atoms with Crippen LogP contribution in [0.2, 0.25) is 0 Å². The predicted octanol–water partition coefficient (Wildman–Crippen LogP) is 2.65. The molecule has 0 saturated carbocycles. The molecule has 0 aliphatic heterocycles. The molecule has 0 N–H and O–H groups in total. The van der Waals surface area contributed by atoms with Gasteiger partial charge in [-0.1, -0.05) is 20.8 Å². The minimum absolute atomic E-state index is 0.123. The van der Waals surface area contributed by atoms with E-state index < -0.39 is 0 Å². The van der Waals surface area contributed by atoms with Crippen molar-refractivity contribution in [1.82, 2.24) is 9.97 Å². The second-order valence-corrected chi connectivity index (χ2v) is 4.76. The third kappa shape index (κ3) is 1.54. The molecule has 2 rings (SSSR count). The van der Waals surface area contributed by atoms with Crippen molar-refractivity contribution in [2.75, 3.05) is 0 Å². The van der Waals surface area contributed by atoms with Crippen LogP contribution in [0, 0.1) is 0 Å². The third-order valence-corrected chi connectivity index (χ3v) is 3.30. The van der Waals surface area contributed by atoms with Crippen LogP contribution in [0.1, 0.15) is 50.7 Å². The summed E-state index contributed by atoms with van der Waals surface area (Å²) in [6.45, 7) is 6.62. The number of nitrogens with zero attached hydrogens (tertiary/aromatic N) is 2. The van der Waals surface area contributed by atoms with Gasteiger partial charge in [-0.2, -0.15) is 0 Å². The monoisotopic (exact) mass is 190 g/mol. The quantitative estimate of drug-likeness (QED) is 0.716. The Bertz CT molecular complexity index is 342. The summed E-state index contributed by atoms with van der Waals surface area (Å²) >= 11 is 0. The molecule has 0 spiro atoms. The Hall–Kier alpha value is -0.920. The van der Waals surface area contributed by atoms with E-state index >= 15 is 0 Å². The molecule has 1 aromatic heterocycles. The molecule has 0 atom stereocenters. The van der Waals surface area contributed by atoms with Crippen LogP contribution in [-0.4, -0.2) is 9.97 Å². The van der Waals surface area contributed by atoms with Gasteiger partial charge in [0.15, 0.2) is 0 Å². The Morgan fingerprint density at radius 1 is 1.36 bits per heavy atom. The van der Waals surface area contributed by atoms with Gasteiger partial charge in [0, 0.05) is 17.3 Å². The van der Waals surface area contributed by atoms with Gasteiger partial charge >= 0.3 is 0 Å². The molecule has 0 bridgehead atoms. The smallest absolute Gasteiger partial charge is 0.134 e. The maximum atomic E-state index is 4.68. The van der Waals surface area contributed by atoms with Crippen molar-refractivity contribution in [2.24, 2.45) is 0 Å². The summed E-state index contributed by atoms with van der Waals surface area (Å²) < 4.78 is 0. The highest BCUT2D eigenvalue weighted by molar-refractivity contribution is 5.24.